The second-order valence-electron chi connectivity index (χ2n) is 4.42. The fourth-order valence-corrected chi connectivity index (χ4v) is 1.91. The molecule has 0 amide bonds. The van der Waals surface area contributed by atoms with E-state index >= 15 is 0 Å². The average molecular weight is 369 g/mol. The normalized spacial score (nSPS) is 11.2. The average Bonchev–Trinajstić information content (AvgIpc) is 2.48. The molecule has 0 bridgehead atoms. The van der Waals surface area contributed by atoms with Crippen LogP contribution in [0, 0.1) is 12.3 Å². The predicted molar refractivity (Wildman–Crippen MR) is 84.6 cm³/mol. The van der Waals surface area contributed by atoms with Gasteiger partial charge >= 0.3 is 11.9 Å². The van der Waals surface area contributed by atoms with E-state index in [-0.39, 0.29) is 12.8 Å². The standard InChI is InChI=1S/C16H17BrO5/c1-4-11(2)21-15(18)6-5-7-16(19)22-13-9-8-12(17)10-14(13)20-3/h1,8-11H,5-7H2,2-3H3. The summed E-state index contributed by atoms with van der Waals surface area (Å²) in [6.07, 6.45) is 5.07. The molecule has 22 heavy (non-hydrogen) atoms. The van der Waals surface area contributed by atoms with E-state index in [0.717, 1.165) is 4.47 Å². The number of benzene rings is 1. The smallest absolute Gasteiger partial charge is 0.311 e. The van der Waals surface area contributed by atoms with Gasteiger partial charge in [-0.25, -0.2) is 0 Å². The molecular formula is C16H17BrO5. The van der Waals surface area contributed by atoms with Crippen LogP contribution in [-0.4, -0.2) is 25.2 Å². The first kappa shape index (κ1) is 18.1. The molecule has 0 aliphatic carbocycles. The maximum absolute atomic E-state index is 11.8. The molecule has 0 heterocycles. The number of terminal acetylenes is 1. The summed E-state index contributed by atoms with van der Waals surface area (Å²) in [5.41, 5.74) is 0. The molecule has 0 aromatic heterocycles. The van der Waals surface area contributed by atoms with Crippen LogP contribution in [-0.2, 0) is 14.3 Å². The highest BCUT2D eigenvalue weighted by Crippen LogP contribution is 2.30. The number of carbonyl (C=O) groups excluding carboxylic acids is 2. The fourth-order valence-electron chi connectivity index (χ4n) is 1.57. The number of methoxy groups -OCH3 is 1. The van der Waals surface area contributed by atoms with Crippen LogP contribution >= 0.6 is 15.9 Å². The van der Waals surface area contributed by atoms with E-state index in [0.29, 0.717) is 17.9 Å². The van der Waals surface area contributed by atoms with E-state index in [1.54, 1.807) is 25.1 Å². The van der Waals surface area contributed by atoms with Crippen molar-refractivity contribution in [2.24, 2.45) is 0 Å². The van der Waals surface area contributed by atoms with Crippen LogP contribution in [0.1, 0.15) is 26.2 Å². The molecule has 0 radical (unpaired) electrons. The Kier molecular flexibility index (Phi) is 7.47. The van der Waals surface area contributed by atoms with Crippen molar-refractivity contribution in [3.05, 3.63) is 22.7 Å². The number of hydrogen-bond acceptors (Lipinski definition) is 5. The third-order valence-corrected chi connectivity index (χ3v) is 3.15. The summed E-state index contributed by atoms with van der Waals surface area (Å²) in [7, 11) is 1.49. The Balaban J connectivity index is 2.41. The van der Waals surface area contributed by atoms with Crippen LogP contribution in [0.15, 0.2) is 22.7 Å². The number of hydrogen-bond donors (Lipinski definition) is 0. The van der Waals surface area contributed by atoms with Gasteiger partial charge in [-0.1, -0.05) is 21.9 Å². The first-order chi connectivity index (χ1) is 10.5. The molecule has 0 N–H and O–H groups in total. The van der Waals surface area contributed by atoms with Gasteiger partial charge in [-0.15, -0.1) is 6.42 Å². The molecule has 1 atom stereocenters. The summed E-state index contributed by atoms with van der Waals surface area (Å²) in [4.78, 5) is 23.1. The van der Waals surface area contributed by atoms with E-state index in [1.165, 1.54) is 7.11 Å². The van der Waals surface area contributed by atoms with Gasteiger partial charge in [0, 0.05) is 17.3 Å². The van der Waals surface area contributed by atoms with Crippen LogP contribution < -0.4 is 9.47 Å². The molecule has 0 spiro atoms. The van der Waals surface area contributed by atoms with Crippen molar-refractivity contribution >= 4 is 27.9 Å². The fraction of sp³-hybridized carbons (Fsp3) is 0.375. The molecule has 6 heteroatoms. The van der Waals surface area contributed by atoms with Crippen LogP contribution in [0.25, 0.3) is 0 Å². The van der Waals surface area contributed by atoms with E-state index in [9.17, 15) is 9.59 Å². The molecule has 0 fully saturated rings. The van der Waals surface area contributed by atoms with E-state index in [2.05, 4.69) is 21.9 Å². The van der Waals surface area contributed by atoms with Crippen LogP contribution in [0.3, 0.4) is 0 Å². The van der Waals surface area contributed by atoms with Crippen LogP contribution in [0.5, 0.6) is 11.5 Å². The molecular weight excluding hydrogens is 352 g/mol. The Bertz CT molecular complexity index is 576. The van der Waals surface area contributed by atoms with Crippen molar-refractivity contribution in [1.82, 2.24) is 0 Å². The number of halogens is 1. The van der Waals surface area contributed by atoms with Crippen LogP contribution in [0.2, 0.25) is 0 Å². The van der Waals surface area contributed by atoms with Crippen molar-refractivity contribution in [3.8, 4) is 23.8 Å². The van der Waals surface area contributed by atoms with Gasteiger partial charge in [0.2, 0.25) is 0 Å². The Hall–Kier alpha value is -2.00. The van der Waals surface area contributed by atoms with Crippen molar-refractivity contribution in [2.45, 2.75) is 32.3 Å². The zero-order chi connectivity index (χ0) is 16.5. The number of esters is 2. The number of ether oxygens (including phenoxy) is 3. The first-order valence-electron chi connectivity index (χ1n) is 6.66. The molecule has 0 saturated heterocycles. The number of rotatable bonds is 7. The molecule has 118 valence electrons. The molecule has 1 aromatic rings. The maximum Gasteiger partial charge on any atom is 0.311 e. The minimum Gasteiger partial charge on any atom is -0.493 e. The third-order valence-electron chi connectivity index (χ3n) is 2.65. The Labute approximate surface area is 138 Å². The summed E-state index contributed by atoms with van der Waals surface area (Å²) in [5, 5.41) is 0. The molecule has 5 nitrogen and oxygen atoms in total. The predicted octanol–water partition coefficient (Wildman–Crippen LogP) is 3.10. The van der Waals surface area contributed by atoms with Gasteiger partial charge in [-0.05, 0) is 31.5 Å². The zero-order valence-corrected chi connectivity index (χ0v) is 14.0. The Morgan fingerprint density at radius 2 is 1.95 bits per heavy atom. The highest BCUT2D eigenvalue weighted by atomic mass is 79.9. The summed E-state index contributed by atoms with van der Waals surface area (Å²) in [5.74, 6) is 2.20. The van der Waals surface area contributed by atoms with Crippen LogP contribution in [0.4, 0.5) is 0 Å². The van der Waals surface area contributed by atoms with Crippen molar-refractivity contribution in [1.29, 1.82) is 0 Å². The lowest BCUT2D eigenvalue weighted by Crippen LogP contribution is -2.14. The lowest BCUT2D eigenvalue weighted by Gasteiger charge is -2.09. The van der Waals surface area contributed by atoms with Crippen molar-refractivity contribution < 1.29 is 23.8 Å². The minimum absolute atomic E-state index is 0.0960. The van der Waals surface area contributed by atoms with Gasteiger partial charge in [0.1, 0.15) is 0 Å². The summed E-state index contributed by atoms with van der Waals surface area (Å²) in [6, 6.07) is 5.06. The van der Waals surface area contributed by atoms with E-state index in [4.69, 9.17) is 20.6 Å². The summed E-state index contributed by atoms with van der Waals surface area (Å²) < 4.78 is 16.0. The van der Waals surface area contributed by atoms with Crippen molar-refractivity contribution in [2.75, 3.05) is 7.11 Å². The SMILES string of the molecule is C#CC(C)OC(=O)CCCC(=O)Oc1ccc(Br)cc1OC. The summed E-state index contributed by atoms with van der Waals surface area (Å²) in [6.45, 7) is 1.60. The second kappa shape index (κ2) is 9.11. The van der Waals surface area contributed by atoms with Gasteiger partial charge in [0.25, 0.3) is 0 Å². The first-order valence-corrected chi connectivity index (χ1v) is 7.45. The Morgan fingerprint density at radius 1 is 1.27 bits per heavy atom. The third kappa shape index (κ3) is 6.19. The topological polar surface area (TPSA) is 61.8 Å². The maximum atomic E-state index is 11.8. The monoisotopic (exact) mass is 368 g/mol. The van der Waals surface area contributed by atoms with Gasteiger partial charge in [0.05, 0.1) is 7.11 Å². The van der Waals surface area contributed by atoms with Gasteiger partial charge in [-0.2, -0.15) is 0 Å². The highest BCUT2D eigenvalue weighted by molar-refractivity contribution is 9.10. The van der Waals surface area contributed by atoms with Gasteiger partial charge in [-0.3, -0.25) is 9.59 Å². The highest BCUT2D eigenvalue weighted by Gasteiger charge is 2.12. The molecule has 0 aliphatic heterocycles. The molecule has 1 unspecified atom stereocenters. The van der Waals surface area contributed by atoms with E-state index < -0.39 is 18.0 Å². The van der Waals surface area contributed by atoms with Crippen molar-refractivity contribution in [3.63, 3.8) is 0 Å². The molecule has 0 saturated carbocycles. The Morgan fingerprint density at radius 3 is 2.59 bits per heavy atom. The van der Waals surface area contributed by atoms with E-state index in [1.807, 2.05) is 0 Å². The quantitative estimate of drug-likeness (QED) is 0.420. The zero-order valence-electron chi connectivity index (χ0n) is 12.4. The number of carbonyl (C=O) groups is 2. The second-order valence-corrected chi connectivity index (χ2v) is 5.34. The minimum atomic E-state index is -0.563. The summed E-state index contributed by atoms with van der Waals surface area (Å²) >= 11 is 3.30. The lowest BCUT2D eigenvalue weighted by molar-refractivity contribution is -0.146. The largest absolute Gasteiger partial charge is 0.493 e. The van der Waals surface area contributed by atoms with Gasteiger partial charge in [0.15, 0.2) is 17.6 Å². The lowest BCUT2D eigenvalue weighted by atomic mass is 10.2. The van der Waals surface area contributed by atoms with Gasteiger partial charge < -0.3 is 14.2 Å². The molecule has 1 rings (SSSR count). The molecule has 1 aromatic carbocycles. The molecule has 0 aliphatic rings.